The van der Waals surface area contributed by atoms with Crippen LogP contribution in [0.25, 0.3) is 0 Å². The second-order valence-corrected chi connectivity index (χ2v) is 5.23. The van der Waals surface area contributed by atoms with Crippen molar-refractivity contribution in [3.05, 3.63) is 0 Å². The topological polar surface area (TPSA) is 15.3 Å². The second-order valence-electron chi connectivity index (χ2n) is 5.23. The van der Waals surface area contributed by atoms with E-state index in [4.69, 9.17) is 0 Å². The molecule has 0 aromatic carbocycles. The lowest BCUT2D eigenvalue weighted by Gasteiger charge is -2.32. The Morgan fingerprint density at radius 3 is 2.00 bits per heavy atom. The molecular weight excluding hydrogens is 196 g/mol. The van der Waals surface area contributed by atoms with Crippen molar-refractivity contribution in [3.8, 4) is 0 Å². The van der Waals surface area contributed by atoms with Crippen LogP contribution in [0.2, 0.25) is 0 Å². The van der Waals surface area contributed by atoms with Gasteiger partial charge < -0.3 is 5.32 Å². The van der Waals surface area contributed by atoms with Crippen LogP contribution >= 0.6 is 0 Å². The number of rotatable bonds is 9. The van der Waals surface area contributed by atoms with Gasteiger partial charge in [-0.1, -0.05) is 48.0 Å². The van der Waals surface area contributed by atoms with Crippen molar-refractivity contribution in [2.45, 2.75) is 66.5 Å². The fraction of sp³-hybridized carbons (Fsp3) is 1.00. The zero-order valence-electron chi connectivity index (χ0n) is 12.2. The van der Waals surface area contributed by atoms with Crippen molar-refractivity contribution in [3.63, 3.8) is 0 Å². The molecule has 0 radical (unpaired) electrons. The van der Waals surface area contributed by atoms with E-state index in [1.54, 1.807) is 0 Å². The average Bonchev–Trinajstić information content (AvgIpc) is 2.27. The van der Waals surface area contributed by atoms with Gasteiger partial charge in [-0.3, -0.25) is 4.90 Å². The van der Waals surface area contributed by atoms with Crippen LogP contribution in [0, 0.1) is 5.92 Å². The minimum atomic E-state index is 0.594. The zero-order valence-corrected chi connectivity index (χ0v) is 12.2. The van der Waals surface area contributed by atoms with E-state index >= 15 is 0 Å². The normalized spacial score (nSPS) is 15.8. The summed E-state index contributed by atoms with van der Waals surface area (Å²) in [6.07, 6.45) is 2.52. The van der Waals surface area contributed by atoms with Crippen LogP contribution in [-0.4, -0.2) is 36.6 Å². The Balaban J connectivity index is 4.15. The molecule has 0 saturated carbocycles. The minimum absolute atomic E-state index is 0.594. The van der Waals surface area contributed by atoms with Crippen LogP contribution in [0.5, 0.6) is 0 Å². The van der Waals surface area contributed by atoms with Crippen molar-refractivity contribution < 1.29 is 0 Å². The van der Waals surface area contributed by atoms with Crippen LogP contribution < -0.4 is 5.32 Å². The molecule has 2 unspecified atom stereocenters. The summed E-state index contributed by atoms with van der Waals surface area (Å²) in [5.74, 6) is 0.813. The Kier molecular flexibility index (Phi) is 8.96. The minimum Gasteiger partial charge on any atom is -0.313 e. The van der Waals surface area contributed by atoms with Crippen molar-refractivity contribution in [2.75, 3.05) is 19.6 Å². The molecule has 0 bridgehead atoms. The third-order valence-corrected chi connectivity index (χ3v) is 3.40. The highest BCUT2D eigenvalue weighted by molar-refractivity contribution is 4.74. The largest absolute Gasteiger partial charge is 0.313 e. The summed E-state index contributed by atoms with van der Waals surface area (Å²) in [6, 6.07) is 1.29. The van der Waals surface area contributed by atoms with Gasteiger partial charge in [-0.15, -0.1) is 0 Å². The third-order valence-electron chi connectivity index (χ3n) is 3.40. The van der Waals surface area contributed by atoms with Crippen molar-refractivity contribution in [2.24, 2.45) is 5.92 Å². The number of nitrogens with one attached hydrogen (secondary N) is 1. The highest BCUT2D eigenvalue weighted by Crippen LogP contribution is 2.10. The van der Waals surface area contributed by atoms with E-state index < -0.39 is 0 Å². The van der Waals surface area contributed by atoms with E-state index in [1.165, 1.54) is 25.9 Å². The van der Waals surface area contributed by atoms with Gasteiger partial charge in [0.15, 0.2) is 0 Å². The first-order valence-corrected chi connectivity index (χ1v) is 7.02. The molecule has 1 N–H and O–H groups in total. The maximum atomic E-state index is 3.56. The molecule has 2 heteroatoms. The molecule has 0 aromatic heterocycles. The fourth-order valence-corrected chi connectivity index (χ4v) is 1.97. The molecule has 0 aliphatic carbocycles. The van der Waals surface area contributed by atoms with Crippen LogP contribution in [0.15, 0.2) is 0 Å². The summed E-state index contributed by atoms with van der Waals surface area (Å²) < 4.78 is 0. The average molecular weight is 228 g/mol. The number of hydrogen-bond donors (Lipinski definition) is 1. The van der Waals surface area contributed by atoms with Crippen LogP contribution in [0.4, 0.5) is 0 Å². The van der Waals surface area contributed by atoms with E-state index in [0.717, 1.165) is 12.5 Å². The molecule has 0 aliphatic heterocycles. The third kappa shape index (κ3) is 6.49. The summed E-state index contributed by atoms with van der Waals surface area (Å²) >= 11 is 0. The Hall–Kier alpha value is -0.0800. The highest BCUT2D eigenvalue weighted by Gasteiger charge is 2.16. The van der Waals surface area contributed by atoms with Crippen molar-refractivity contribution in [1.29, 1.82) is 0 Å². The molecule has 16 heavy (non-hydrogen) atoms. The van der Waals surface area contributed by atoms with E-state index in [2.05, 4.69) is 51.8 Å². The van der Waals surface area contributed by atoms with Crippen molar-refractivity contribution in [1.82, 2.24) is 10.2 Å². The summed E-state index contributed by atoms with van der Waals surface area (Å²) in [5, 5.41) is 3.56. The first kappa shape index (κ1) is 15.9. The molecular formula is C14H32N2. The predicted molar refractivity (Wildman–Crippen MR) is 73.9 cm³/mol. The van der Waals surface area contributed by atoms with Gasteiger partial charge >= 0.3 is 0 Å². The van der Waals surface area contributed by atoms with Gasteiger partial charge in [0.25, 0.3) is 0 Å². The first-order valence-electron chi connectivity index (χ1n) is 7.02. The molecule has 98 valence electrons. The molecule has 0 spiro atoms. The Morgan fingerprint density at radius 1 is 1.00 bits per heavy atom. The van der Waals surface area contributed by atoms with Crippen LogP contribution in [0.1, 0.15) is 54.4 Å². The van der Waals surface area contributed by atoms with Gasteiger partial charge in [-0.25, -0.2) is 0 Å². The number of likely N-dealkylation sites (N-methyl/N-ethyl adjacent to an activating group) is 1. The fourth-order valence-electron chi connectivity index (χ4n) is 1.97. The van der Waals surface area contributed by atoms with Gasteiger partial charge in [0.1, 0.15) is 0 Å². The van der Waals surface area contributed by atoms with Gasteiger partial charge in [0, 0.05) is 25.2 Å². The summed E-state index contributed by atoms with van der Waals surface area (Å²) in [5.41, 5.74) is 0. The quantitative estimate of drug-likeness (QED) is 0.652. The summed E-state index contributed by atoms with van der Waals surface area (Å²) in [4.78, 5) is 2.63. The second kappa shape index (κ2) is 9.00. The Labute approximate surface area is 103 Å². The smallest absolute Gasteiger partial charge is 0.0218 e. The molecule has 0 rings (SSSR count). The zero-order chi connectivity index (χ0) is 12.6. The van der Waals surface area contributed by atoms with E-state index in [9.17, 15) is 0 Å². The number of hydrogen-bond acceptors (Lipinski definition) is 2. The Morgan fingerprint density at radius 2 is 1.62 bits per heavy atom. The molecule has 2 atom stereocenters. The van der Waals surface area contributed by atoms with Crippen molar-refractivity contribution >= 4 is 0 Å². The van der Waals surface area contributed by atoms with Gasteiger partial charge in [0.05, 0.1) is 0 Å². The maximum absolute atomic E-state index is 3.56. The van der Waals surface area contributed by atoms with Gasteiger partial charge in [0.2, 0.25) is 0 Å². The van der Waals surface area contributed by atoms with E-state index in [0.29, 0.717) is 12.1 Å². The van der Waals surface area contributed by atoms with E-state index in [1.807, 2.05) is 0 Å². The standard InChI is InChI=1S/C14H32N2/c1-7-13(6)11-16(9-3)14(8-2)10-15-12(4)5/h12-15H,7-11H2,1-6H3. The maximum Gasteiger partial charge on any atom is 0.0218 e. The van der Waals surface area contributed by atoms with Crippen LogP contribution in [-0.2, 0) is 0 Å². The lowest BCUT2D eigenvalue weighted by Crippen LogP contribution is -2.45. The van der Waals surface area contributed by atoms with E-state index in [-0.39, 0.29) is 0 Å². The Bertz CT molecular complexity index is 157. The SMILES string of the molecule is CCC(C)CN(CC)C(CC)CNC(C)C. The summed E-state index contributed by atoms with van der Waals surface area (Å²) in [7, 11) is 0. The molecule has 0 heterocycles. The predicted octanol–water partition coefficient (Wildman–Crippen LogP) is 3.13. The first-order chi connectivity index (χ1) is 7.54. The molecule has 0 amide bonds. The molecule has 0 saturated heterocycles. The lowest BCUT2D eigenvalue weighted by molar-refractivity contribution is 0.167. The van der Waals surface area contributed by atoms with Gasteiger partial charge in [-0.05, 0) is 18.9 Å². The molecule has 0 aromatic rings. The monoisotopic (exact) mass is 228 g/mol. The molecule has 0 aliphatic rings. The number of nitrogens with zero attached hydrogens (tertiary/aromatic N) is 1. The van der Waals surface area contributed by atoms with Crippen LogP contribution in [0.3, 0.4) is 0 Å². The molecule has 0 fully saturated rings. The molecule has 2 nitrogen and oxygen atoms in total. The van der Waals surface area contributed by atoms with Gasteiger partial charge in [-0.2, -0.15) is 0 Å². The summed E-state index contributed by atoms with van der Waals surface area (Å²) in [6.45, 7) is 17.2. The lowest BCUT2D eigenvalue weighted by atomic mass is 10.1. The highest BCUT2D eigenvalue weighted by atomic mass is 15.2.